The smallest absolute Gasteiger partial charge is 0.407 e. The highest BCUT2D eigenvalue weighted by atomic mass is 32.2. The van der Waals surface area contributed by atoms with E-state index >= 15 is 0 Å². The lowest BCUT2D eigenvalue weighted by molar-refractivity contribution is -0.134. The van der Waals surface area contributed by atoms with E-state index < -0.39 is 28.1 Å². The van der Waals surface area contributed by atoms with Gasteiger partial charge in [-0.2, -0.15) is 4.72 Å². The molecule has 33 heavy (non-hydrogen) atoms. The number of piperazine rings is 1. The van der Waals surface area contributed by atoms with Crippen molar-refractivity contribution in [2.45, 2.75) is 24.3 Å². The first kappa shape index (κ1) is 24.2. The molecule has 0 radical (unpaired) electrons. The summed E-state index contributed by atoms with van der Waals surface area (Å²) < 4.78 is 28.6. The molecule has 3 rings (SSSR count). The van der Waals surface area contributed by atoms with E-state index in [2.05, 4.69) is 4.72 Å². The van der Waals surface area contributed by atoms with E-state index in [1.165, 1.54) is 21.9 Å². The third kappa shape index (κ3) is 6.08. The number of hydrogen-bond donors (Lipinski definition) is 4. The Hall–Kier alpha value is -3.44. The summed E-state index contributed by atoms with van der Waals surface area (Å²) in [6.45, 7) is 2.48. The predicted molar refractivity (Wildman–Crippen MR) is 123 cm³/mol. The first-order valence-corrected chi connectivity index (χ1v) is 11.8. The van der Waals surface area contributed by atoms with E-state index in [0.29, 0.717) is 11.1 Å². The van der Waals surface area contributed by atoms with Gasteiger partial charge in [-0.1, -0.05) is 35.9 Å². The van der Waals surface area contributed by atoms with Gasteiger partial charge >= 0.3 is 6.09 Å². The number of nitrogens with one attached hydrogen (secondary N) is 2. The van der Waals surface area contributed by atoms with Gasteiger partial charge < -0.3 is 20.6 Å². The molecule has 2 aromatic rings. The van der Waals surface area contributed by atoms with Crippen molar-refractivity contribution in [2.75, 3.05) is 26.2 Å². The van der Waals surface area contributed by atoms with Gasteiger partial charge in [0.2, 0.25) is 15.9 Å². The second kappa shape index (κ2) is 10.0. The van der Waals surface area contributed by atoms with Gasteiger partial charge in [0.05, 0.1) is 4.90 Å². The molecule has 0 bridgehead atoms. The van der Waals surface area contributed by atoms with Gasteiger partial charge in [-0.25, -0.2) is 13.2 Å². The Labute approximate surface area is 192 Å². The number of rotatable bonds is 7. The van der Waals surface area contributed by atoms with Crippen molar-refractivity contribution >= 4 is 27.9 Å². The molecule has 0 spiro atoms. The highest BCUT2D eigenvalue weighted by Crippen LogP contribution is 2.15. The minimum atomic E-state index is -4.00. The van der Waals surface area contributed by atoms with Gasteiger partial charge in [0.15, 0.2) is 0 Å². The summed E-state index contributed by atoms with van der Waals surface area (Å²) in [6.07, 6.45) is -1.01. The summed E-state index contributed by atoms with van der Waals surface area (Å²) in [5.41, 5.74) is 7.57. The lowest BCUT2D eigenvalue weighted by atomic mass is 10.0. The number of sulfonamides is 1. The van der Waals surface area contributed by atoms with Gasteiger partial charge in [0.1, 0.15) is 11.9 Å². The van der Waals surface area contributed by atoms with Crippen LogP contribution < -0.4 is 10.5 Å². The Bertz CT molecular complexity index is 1140. The molecule has 0 saturated carbocycles. The highest BCUT2D eigenvalue weighted by Gasteiger charge is 2.32. The maximum absolute atomic E-state index is 13.3. The number of benzene rings is 2. The summed E-state index contributed by atoms with van der Waals surface area (Å²) in [5, 5.41) is 16.8. The normalized spacial score (nSPS) is 15.2. The van der Waals surface area contributed by atoms with Crippen LogP contribution in [0, 0.1) is 12.3 Å². The molecule has 11 heteroatoms. The Morgan fingerprint density at radius 3 is 2.27 bits per heavy atom. The average molecular weight is 474 g/mol. The summed E-state index contributed by atoms with van der Waals surface area (Å²) >= 11 is 0. The molecule has 5 N–H and O–H groups in total. The monoisotopic (exact) mass is 473 g/mol. The summed E-state index contributed by atoms with van der Waals surface area (Å²) in [6, 6.07) is 11.9. The van der Waals surface area contributed by atoms with E-state index in [4.69, 9.17) is 16.2 Å². The van der Waals surface area contributed by atoms with Crippen molar-refractivity contribution in [3.63, 3.8) is 0 Å². The third-order valence-electron chi connectivity index (χ3n) is 5.47. The zero-order valence-corrected chi connectivity index (χ0v) is 19.0. The van der Waals surface area contributed by atoms with Gasteiger partial charge in [0.25, 0.3) is 0 Å². The largest absolute Gasteiger partial charge is 0.465 e. The fraction of sp³-hybridized carbons (Fsp3) is 0.318. The SMILES string of the molecule is Cc1ccc(S(=O)(=O)NC(Cc2cccc(C(=N)N)c2)C(=O)N2CCN(C(=O)O)CC2)cc1. The number of hydrogen-bond acceptors (Lipinski definition) is 5. The molecular formula is C22H27N5O5S. The molecule has 1 unspecified atom stereocenters. The zero-order chi connectivity index (χ0) is 24.2. The maximum atomic E-state index is 13.3. The molecule has 176 valence electrons. The van der Waals surface area contributed by atoms with E-state index in [-0.39, 0.29) is 43.3 Å². The number of nitrogens with zero attached hydrogens (tertiary/aromatic N) is 2. The van der Waals surface area contributed by atoms with Crippen molar-refractivity contribution in [3.8, 4) is 0 Å². The molecule has 1 aliphatic heterocycles. The fourth-order valence-corrected chi connectivity index (χ4v) is 4.78. The molecular weight excluding hydrogens is 446 g/mol. The van der Waals surface area contributed by atoms with Crippen molar-refractivity contribution in [1.29, 1.82) is 5.41 Å². The summed E-state index contributed by atoms with van der Waals surface area (Å²) in [4.78, 5) is 27.2. The first-order valence-electron chi connectivity index (χ1n) is 10.4. The van der Waals surface area contributed by atoms with Gasteiger partial charge in [-0.15, -0.1) is 0 Å². The number of nitrogen functional groups attached to an aromatic ring is 1. The fourth-order valence-electron chi connectivity index (χ4n) is 3.59. The molecule has 1 aliphatic rings. The van der Waals surface area contributed by atoms with E-state index in [1.54, 1.807) is 36.4 Å². The zero-order valence-electron chi connectivity index (χ0n) is 18.2. The number of carbonyl (C=O) groups excluding carboxylic acids is 1. The van der Waals surface area contributed by atoms with Crippen molar-refractivity contribution in [1.82, 2.24) is 14.5 Å². The van der Waals surface area contributed by atoms with E-state index in [9.17, 15) is 18.0 Å². The van der Waals surface area contributed by atoms with E-state index in [0.717, 1.165) is 5.56 Å². The Morgan fingerprint density at radius 2 is 1.70 bits per heavy atom. The number of aryl methyl sites for hydroxylation is 1. The molecule has 1 fully saturated rings. The molecule has 1 atom stereocenters. The lowest BCUT2D eigenvalue weighted by Crippen LogP contribution is -2.56. The summed E-state index contributed by atoms with van der Waals surface area (Å²) in [7, 11) is -4.00. The van der Waals surface area contributed by atoms with Gasteiger partial charge in [0, 0.05) is 31.7 Å². The topological polar surface area (TPSA) is 157 Å². The molecule has 2 amide bonds. The molecule has 10 nitrogen and oxygen atoms in total. The van der Waals surface area contributed by atoms with Crippen LogP contribution in [-0.4, -0.2) is 73.4 Å². The number of nitrogens with two attached hydrogens (primary N) is 1. The molecule has 0 aromatic heterocycles. The first-order chi connectivity index (χ1) is 15.6. The molecule has 0 aliphatic carbocycles. The predicted octanol–water partition coefficient (Wildman–Crippen LogP) is 0.991. The third-order valence-corrected chi connectivity index (χ3v) is 6.95. The lowest BCUT2D eigenvalue weighted by Gasteiger charge is -2.35. The standard InChI is InChI=1S/C22H27N5O5S/c1-15-5-7-18(8-6-15)33(31,32)25-19(14-16-3-2-4-17(13-16)20(23)24)21(28)26-9-11-27(12-10-26)22(29)30/h2-8,13,19,25H,9-12,14H2,1H3,(H3,23,24)(H,29,30). The number of carboxylic acid groups (broad SMARTS) is 1. The van der Waals surface area contributed by atoms with Gasteiger partial charge in [-0.3, -0.25) is 10.2 Å². The molecule has 2 aromatic carbocycles. The number of carbonyl (C=O) groups is 2. The van der Waals surface area contributed by atoms with E-state index in [1.807, 2.05) is 6.92 Å². The van der Waals surface area contributed by atoms with Crippen molar-refractivity contribution < 1.29 is 23.1 Å². The van der Waals surface area contributed by atoms with Crippen LogP contribution in [0.5, 0.6) is 0 Å². The quantitative estimate of drug-likeness (QED) is 0.347. The Balaban J connectivity index is 1.86. The highest BCUT2D eigenvalue weighted by molar-refractivity contribution is 7.89. The van der Waals surface area contributed by atoms with Crippen LogP contribution >= 0.6 is 0 Å². The van der Waals surface area contributed by atoms with Gasteiger partial charge in [-0.05, 0) is 37.1 Å². The number of amides is 2. The Morgan fingerprint density at radius 1 is 1.09 bits per heavy atom. The van der Waals surface area contributed by atoms with Crippen LogP contribution in [0.2, 0.25) is 0 Å². The van der Waals surface area contributed by atoms with Crippen LogP contribution in [0.1, 0.15) is 16.7 Å². The molecule has 1 heterocycles. The minimum absolute atomic E-state index is 0.0408. The molecule has 1 saturated heterocycles. The van der Waals surface area contributed by atoms with Crippen LogP contribution in [0.25, 0.3) is 0 Å². The maximum Gasteiger partial charge on any atom is 0.407 e. The second-order valence-corrected chi connectivity index (χ2v) is 9.61. The van der Waals surface area contributed by atoms with Crippen molar-refractivity contribution in [3.05, 3.63) is 65.2 Å². The Kier molecular flexibility index (Phi) is 7.34. The van der Waals surface area contributed by atoms with Crippen LogP contribution in [0.4, 0.5) is 4.79 Å². The average Bonchev–Trinajstić information content (AvgIpc) is 2.78. The van der Waals surface area contributed by atoms with Crippen LogP contribution in [-0.2, 0) is 21.2 Å². The van der Waals surface area contributed by atoms with Crippen LogP contribution in [0.15, 0.2) is 53.4 Å². The minimum Gasteiger partial charge on any atom is -0.465 e. The number of amidine groups is 1. The summed E-state index contributed by atoms with van der Waals surface area (Å²) in [5.74, 6) is -0.575. The second-order valence-electron chi connectivity index (χ2n) is 7.90. The van der Waals surface area contributed by atoms with Crippen molar-refractivity contribution in [2.24, 2.45) is 5.73 Å². The van der Waals surface area contributed by atoms with Crippen LogP contribution in [0.3, 0.4) is 0 Å².